The molecule has 0 spiro atoms. The standard InChI is InChI=1S/C16H14F2N2O2/c17-10-5-6-12(18)14(9-10)20-16(21)19-13-7-8-22-15-4-2-1-3-11(13)15/h1-6,9,13H,7-8H2,(H2,19,20,21)/t13-/m0/s1. The van der Waals surface area contributed by atoms with E-state index in [4.69, 9.17) is 4.74 Å². The van der Waals surface area contributed by atoms with Crippen molar-refractivity contribution < 1.29 is 18.3 Å². The third-order valence-electron chi connectivity index (χ3n) is 3.44. The summed E-state index contributed by atoms with van der Waals surface area (Å²) in [6.45, 7) is 0.482. The van der Waals surface area contributed by atoms with Crippen molar-refractivity contribution in [2.24, 2.45) is 0 Å². The summed E-state index contributed by atoms with van der Waals surface area (Å²) in [5.74, 6) is -0.590. The van der Waals surface area contributed by atoms with E-state index >= 15 is 0 Å². The number of carbonyl (C=O) groups is 1. The second-order valence-corrected chi connectivity index (χ2v) is 4.95. The van der Waals surface area contributed by atoms with Crippen molar-refractivity contribution in [1.82, 2.24) is 5.32 Å². The molecule has 1 heterocycles. The second kappa shape index (κ2) is 6.01. The minimum absolute atomic E-state index is 0.196. The van der Waals surface area contributed by atoms with Crippen LogP contribution in [0, 0.1) is 11.6 Å². The summed E-state index contributed by atoms with van der Waals surface area (Å²) in [6.07, 6.45) is 0.607. The molecule has 2 aromatic rings. The highest BCUT2D eigenvalue weighted by Crippen LogP contribution is 2.31. The summed E-state index contributed by atoms with van der Waals surface area (Å²) in [7, 11) is 0. The Hall–Kier alpha value is -2.63. The van der Waals surface area contributed by atoms with Crippen LogP contribution in [-0.2, 0) is 0 Å². The lowest BCUT2D eigenvalue weighted by Crippen LogP contribution is -2.35. The molecule has 0 fully saturated rings. The molecule has 4 nitrogen and oxygen atoms in total. The van der Waals surface area contributed by atoms with Crippen molar-refractivity contribution in [3.63, 3.8) is 0 Å². The average Bonchev–Trinajstić information content (AvgIpc) is 2.51. The van der Waals surface area contributed by atoms with Crippen molar-refractivity contribution in [2.45, 2.75) is 12.5 Å². The SMILES string of the molecule is O=C(Nc1cc(F)ccc1F)N[C@H]1CCOc2ccccc21. The van der Waals surface area contributed by atoms with E-state index < -0.39 is 17.7 Å². The quantitative estimate of drug-likeness (QED) is 0.890. The van der Waals surface area contributed by atoms with E-state index in [0.717, 1.165) is 29.5 Å². The molecule has 114 valence electrons. The number of fused-ring (bicyclic) bond motifs is 1. The number of para-hydroxylation sites is 1. The third kappa shape index (κ3) is 3.00. The molecule has 0 bridgehead atoms. The second-order valence-electron chi connectivity index (χ2n) is 4.95. The van der Waals surface area contributed by atoms with Gasteiger partial charge in [-0.2, -0.15) is 0 Å². The average molecular weight is 304 g/mol. The highest BCUT2D eigenvalue weighted by atomic mass is 19.1. The van der Waals surface area contributed by atoms with E-state index in [9.17, 15) is 13.6 Å². The maximum atomic E-state index is 13.5. The lowest BCUT2D eigenvalue weighted by Gasteiger charge is -2.26. The maximum Gasteiger partial charge on any atom is 0.319 e. The molecule has 0 aromatic heterocycles. The summed E-state index contributed by atoms with van der Waals surface area (Å²) >= 11 is 0. The number of ether oxygens (including phenoxy) is 1. The summed E-state index contributed by atoms with van der Waals surface area (Å²) in [4.78, 5) is 12.0. The van der Waals surface area contributed by atoms with Gasteiger partial charge in [-0.05, 0) is 18.2 Å². The minimum atomic E-state index is -0.691. The number of halogens is 2. The zero-order valence-corrected chi connectivity index (χ0v) is 11.6. The van der Waals surface area contributed by atoms with Crippen LogP contribution in [0.2, 0.25) is 0 Å². The molecule has 0 saturated carbocycles. The lowest BCUT2D eigenvalue weighted by molar-refractivity contribution is 0.232. The predicted molar refractivity (Wildman–Crippen MR) is 77.8 cm³/mol. The Kier molecular flexibility index (Phi) is 3.91. The van der Waals surface area contributed by atoms with Crippen molar-refractivity contribution in [1.29, 1.82) is 0 Å². The number of hydrogen-bond acceptors (Lipinski definition) is 2. The molecule has 22 heavy (non-hydrogen) atoms. The van der Waals surface area contributed by atoms with Crippen LogP contribution in [0.4, 0.5) is 19.3 Å². The molecule has 2 aromatic carbocycles. The van der Waals surface area contributed by atoms with E-state index in [1.807, 2.05) is 24.3 Å². The van der Waals surface area contributed by atoms with Gasteiger partial charge < -0.3 is 15.4 Å². The molecular formula is C16H14F2N2O2. The molecule has 0 radical (unpaired) electrons. The summed E-state index contributed by atoms with van der Waals surface area (Å²) in [5, 5.41) is 5.07. The van der Waals surface area contributed by atoms with Crippen LogP contribution >= 0.6 is 0 Å². The smallest absolute Gasteiger partial charge is 0.319 e. The Labute approximate surface area is 126 Å². The van der Waals surface area contributed by atoms with Crippen LogP contribution in [0.3, 0.4) is 0 Å². The van der Waals surface area contributed by atoms with Gasteiger partial charge in [0.15, 0.2) is 0 Å². The molecule has 0 aliphatic carbocycles. The Balaban J connectivity index is 1.72. The molecule has 1 atom stereocenters. The first kappa shape index (κ1) is 14.3. The van der Waals surface area contributed by atoms with Gasteiger partial charge in [0.05, 0.1) is 18.3 Å². The van der Waals surface area contributed by atoms with E-state index in [1.54, 1.807) is 0 Å². The molecule has 2 N–H and O–H groups in total. The Bertz CT molecular complexity index is 706. The number of carbonyl (C=O) groups excluding carboxylic acids is 1. The molecular weight excluding hydrogens is 290 g/mol. The summed E-state index contributed by atoms with van der Waals surface area (Å²) in [6, 6.07) is 9.47. The van der Waals surface area contributed by atoms with Gasteiger partial charge in [0.2, 0.25) is 0 Å². The molecule has 1 aliphatic heterocycles. The number of benzene rings is 2. The maximum absolute atomic E-state index is 13.5. The zero-order chi connectivity index (χ0) is 15.5. The van der Waals surface area contributed by atoms with Crippen molar-refractivity contribution in [3.05, 3.63) is 59.7 Å². The fourth-order valence-electron chi connectivity index (χ4n) is 2.40. The van der Waals surface area contributed by atoms with Crippen LogP contribution in [0.25, 0.3) is 0 Å². The first-order valence-corrected chi connectivity index (χ1v) is 6.88. The van der Waals surface area contributed by atoms with Crippen LogP contribution < -0.4 is 15.4 Å². The summed E-state index contributed by atoms with van der Waals surface area (Å²) < 4.78 is 32.1. The molecule has 3 rings (SSSR count). The minimum Gasteiger partial charge on any atom is -0.493 e. The number of nitrogens with one attached hydrogen (secondary N) is 2. The highest BCUT2D eigenvalue weighted by molar-refractivity contribution is 5.89. The van der Waals surface area contributed by atoms with Crippen LogP contribution in [-0.4, -0.2) is 12.6 Å². The monoisotopic (exact) mass is 304 g/mol. The Morgan fingerprint density at radius 3 is 2.86 bits per heavy atom. The van der Waals surface area contributed by atoms with Crippen molar-refractivity contribution in [3.8, 4) is 5.75 Å². The highest BCUT2D eigenvalue weighted by Gasteiger charge is 2.22. The third-order valence-corrected chi connectivity index (χ3v) is 3.44. The number of amides is 2. The molecule has 1 aliphatic rings. The van der Waals surface area contributed by atoms with Gasteiger partial charge in [-0.25, -0.2) is 13.6 Å². The van der Waals surface area contributed by atoms with Crippen LogP contribution in [0.15, 0.2) is 42.5 Å². The molecule has 2 amide bonds. The van der Waals surface area contributed by atoms with Crippen LogP contribution in [0.1, 0.15) is 18.0 Å². The van der Waals surface area contributed by atoms with E-state index in [0.29, 0.717) is 13.0 Å². The van der Waals surface area contributed by atoms with Gasteiger partial charge >= 0.3 is 6.03 Å². The molecule has 0 unspecified atom stereocenters. The fraction of sp³-hybridized carbons (Fsp3) is 0.188. The number of rotatable bonds is 2. The molecule has 6 heteroatoms. The van der Waals surface area contributed by atoms with E-state index in [1.165, 1.54) is 0 Å². The normalized spacial score (nSPS) is 16.4. The van der Waals surface area contributed by atoms with Crippen molar-refractivity contribution in [2.75, 3.05) is 11.9 Å². The largest absolute Gasteiger partial charge is 0.493 e. The Morgan fingerprint density at radius 2 is 2.00 bits per heavy atom. The summed E-state index contributed by atoms with van der Waals surface area (Å²) in [5.41, 5.74) is 0.668. The van der Waals surface area contributed by atoms with Gasteiger partial charge in [0.25, 0.3) is 0 Å². The van der Waals surface area contributed by atoms with Gasteiger partial charge in [0, 0.05) is 18.1 Å². The fourth-order valence-corrected chi connectivity index (χ4v) is 2.40. The van der Waals surface area contributed by atoms with Gasteiger partial charge in [-0.3, -0.25) is 0 Å². The van der Waals surface area contributed by atoms with Crippen LogP contribution in [0.5, 0.6) is 5.75 Å². The predicted octanol–water partition coefficient (Wildman–Crippen LogP) is 3.61. The molecule has 0 saturated heterocycles. The first-order chi connectivity index (χ1) is 10.6. The zero-order valence-electron chi connectivity index (χ0n) is 11.6. The van der Waals surface area contributed by atoms with E-state index in [-0.39, 0.29) is 11.7 Å². The van der Waals surface area contributed by atoms with Gasteiger partial charge in [-0.1, -0.05) is 18.2 Å². The first-order valence-electron chi connectivity index (χ1n) is 6.88. The van der Waals surface area contributed by atoms with E-state index in [2.05, 4.69) is 10.6 Å². The lowest BCUT2D eigenvalue weighted by atomic mass is 10.0. The van der Waals surface area contributed by atoms with Crippen molar-refractivity contribution >= 4 is 11.7 Å². The number of urea groups is 1. The topological polar surface area (TPSA) is 50.4 Å². The number of anilines is 1. The number of hydrogen-bond donors (Lipinski definition) is 2. The van der Waals surface area contributed by atoms with Gasteiger partial charge in [-0.15, -0.1) is 0 Å². The Morgan fingerprint density at radius 1 is 1.18 bits per heavy atom. The van der Waals surface area contributed by atoms with Gasteiger partial charge in [0.1, 0.15) is 17.4 Å².